The molecule has 0 unspecified atom stereocenters. The van der Waals surface area contributed by atoms with Gasteiger partial charge in [0.25, 0.3) is 0 Å². The Bertz CT molecular complexity index is 1080. The summed E-state index contributed by atoms with van der Waals surface area (Å²) in [7, 11) is 0. The van der Waals surface area contributed by atoms with E-state index in [2.05, 4.69) is 62.3 Å². The highest BCUT2D eigenvalue weighted by atomic mass is 79.9. The van der Waals surface area contributed by atoms with Gasteiger partial charge in [0, 0.05) is 29.4 Å². The van der Waals surface area contributed by atoms with Crippen molar-refractivity contribution in [3.05, 3.63) is 76.2 Å². The molecule has 1 aromatic carbocycles. The third-order valence-electron chi connectivity index (χ3n) is 5.93. The third kappa shape index (κ3) is 4.14. The molecule has 2 aromatic heterocycles. The first-order valence-electron chi connectivity index (χ1n) is 10.6. The van der Waals surface area contributed by atoms with E-state index in [9.17, 15) is 0 Å². The van der Waals surface area contributed by atoms with Gasteiger partial charge in [0.1, 0.15) is 17.6 Å². The van der Waals surface area contributed by atoms with Gasteiger partial charge in [-0.1, -0.05) is 28.1 Å². The van der Waals surface area contributed by atoms with E-state index in [1.807, 2.05) is 30.5 Å². The van der Waals surface area contributed by atoms with E-state index < -0.39 is 0 Å². The number of aryl methyl sites for hydroxylation is 1. The Hall–Kier alpha value is -2.22. The van der Waals surface area contributed by atoms with Crippen molar-refractivity contribution in [2.75, 3.05) is 13.2 Å². The molecule has 0 bridgehead atoms. The molecule has 0 saturated carbocycles. The number of pyridine rings is 1. The first-order chi connectivity index (χ1) is 15.1. The highest BCUT2D eigenvalue weighted by Crippen LogP contribution is 2.41. The van der Waals surface area contributed by atoms with E-state index in [0.717, 1.165) is 53.2 Å². The van der Waals surface area contributed by atoms with Gasteiger partial charge in [0.05, 0.1) is 17.8 Å². The van der Waals surface area contributed by atoms with Crippen molar-refractivity contribution in [1.29, 1.82) is 0 Å². The molecule has 2 saturated heterocycles. The molecule has 1 N–H and O–H groups in total. The molecule has 160 valence electrons. The van der Waals surface area contributed by atoms with Crippen molar-refractivity contribution in [2.45, 2.75) is 38.0 Å². The van der Waals surface area contributed by atoms with E-state index in [1.165, 1.54) is 5.56 Å². The van der Waals surface area contributed by atoms with Gasteiger partial charge in [-0.15, -0.1) is 0 Å². The van der Waals surface area contributed by atoms with Crippen LogP contribution in [0.2, 0.25) is 0 Å². The minimum absolute atomic E-state index is 0.0874. The second-order valence-electron chi connectivity index (χ2n) is 8.10. The number of thiocarbonyl (C=S) groups is 1. The molecule has 2 fully saturated rings. The number of aromatic nitrogens is 1. The topological polar surface area (TPSA) is 50.5 Å². The third-order valence-corrected chi connectivity index (χ3v) is 6.94. The summed E-state index contributed by atoms with van der Waals surface area (Å²) in [6.07, 6.45) is 4.15. The van der Waals surface area contributed by atoms with Crippen LogP contribution in [-0.2, 0) is 4.74 Å². The van der Waals surface area contributed by atoms with Crippen molar-refractivity contribution in [3.8, 4) is 11.3 Å². The zero-order valence-electron chi connectivity index (χ0n) is 17.3. The molecule has 7 heteroatoms. The van der Waals surface area contributed by atoms with E-state index in [0.29, 0.717) is 5.11 Å². The van der Waals surface area contributed by atoms with Gasteiger partial charge in [0.2, 0.25) is 0 Å². The van der Waals surface area contributed by atoms with Crippen molar-refractivity contribution < 1.29 is 9.15 Å². The summed E-state index contributed by atoms with van der Waals surface area (Å²) in [6, 6.07) is 16.1. The Morgan fingerprint density at radius 3 is 2.87 bits per heavy atom. The van der Waals surface area contributed by atoms with Gasteiger partial charge < -0.3 is 19.4 Å². The van der Waals surface area contributed by atoms with Crippen LogP contribution >= 0.6 is 28.1 Å². The average molecular weight is 498 g/mol. The molecule has 2 aliphatic rings. The van der Waals surface area contributed by atoms with Crippen molar-refractivity contribution in [3.63, 3.8) is 0 Å². The maximum Gasteiger partial charge on any atom is 0.170 e. The number of halogens is 1. The minimum Gasteiger partial charge on any atom is -0.459 e. The van der Waals surface area contributed by atoms with Crippen LogP contribution in [0.3, 0.4) is 0 Å². The lowest BCUT2D eigenvalue weighted by molar-refractivity contribution is 0.0818. The van der Waals surface area contributed by atoms with Crippen molar-refractivity contribution in [2.24, 2.45) is 0 Å². The maximum absolute atomic E-state index is 6.43. The first-order valence-corrected chi connectivity index (χ1v) is 11.8. The summed E-state index contributed by atoms with van der Waals surface area (Å²) in [4.78, 5) is 6.80. The molecule has 4 heterocycles. The molecule has 31 heavy (non-hydrogen) atoms. The molecule has 0 aliphatic carbocycles. The zero-order chi connectivity index (χ0) is 21.4. The summed E-state index contributed by atoms with van der Waals surface area (Å²) in [5.74, 6) is 1.69. The quantitative estimate of drug-likeness (QED) is 0.465. The lowest BCUT2D eigenvalue weighted by atomic mass is 10.0. The van der Waals surface area contributed by atoms with E-state index >= 15 is 0 Å². The van der Waals surface area contributed by atoms with Gasteiger partial charge in [-0.25, -0.2) is 0 Å². The molecular formula is C24H24BrN3O2S. The number of benzene rings is 1. The summed E-state index contributed by atoms with van der Waals surface area (Å²) in [5.41, 5.74) is 3.18. The first kappa shape index (κ1) is 20.7. The second kappa shape index (κ2) is 8.73. The largest absolute Gasteiger partial charge is 0.459 e. The summed E-state index contributed by atoms with van der Waals surface area (Å²) < 4.78 is 13.4. The van der Waals surface area contributed by atoms with E-state index in [1.54, 1.807) is 0 Å². The Kier molecular flexibility index (Phi) is 5.82. The lowest BCUT2D eigenvalue weighted by Gasteiger charge is -2.28. The molecule has 3 aromatic rings. The van der Waals surface area contributed by atoms with Crippen LogP contribution in [0.25, 0.3) is 11.3 Å². The molecule has 3 atom stereocenters. The van der Waals surface area contributed by atoms with Crippen LogP contribution in [0.1, 0.15) is 41.9 Å². The number of rotatable bonds is 5. The van der Waals surface area contributed by atoms with Crippen molar-refractivity contribution in [1.82, 2.24) is 15.2 Å². The normalized spacial score (nSPS) is 23.4. The number of furan rings is 1. The molecule has 5 nitrogen and oxygen atoms in total. The number of ether oxygens (including phenoxy) is 1. The van der Waals surface area contributed by atoms with Gasteiger partial charge in [-0.2, -0.15) is 0 Å². The Morgan fingerprint density at radius 1 is 1.23 bits per heavy atom. The number of nitrogens with one attached hydrogen (secondary N) is 1. The average Bonchev–Trinajstić information content (AvgIpc) is 3.51. The monoisotopic (exact) mass is 497 g/mol. The minimum atomic E-state index is -0.0930. The molecular weight excluding hydrogens is 474 g/mol. The Labute approximate surface area is 195 Å². The van der Waals surface area contributed by atoms with Gasteiger partial charge in [0.15, 0.2) is 5.11 Å². The van der Waals surface area contributed by atoms with Crippen LogP contribution in [0.5, 0.6) is 0 Å². The van der Waals surface area contributed by atoms with Crippen LogP contribution in [0.4, 0.5) is 0 Å². The highest BCUT2D eigenvalue weighted by molar-refractivity contribution is 9.10. The number of hydrogen-bond acceptors (Lipinski definition) is 4. The molecule has 0 spiro atoms. The smallest absolute Gasteiger partial charge is 0.170 e. The maximum atomic E-state index is 6.43. The van der Waals surface area contributed by atoms with Crippen LogP contribution in [0, 0.1) is 6.92 Å². The fourth-order valence-corrected chi connectivity index (χ4v) is 5.40. The van der Waals surface area contributed by atoms with Crippen LogP contribution < -0.4 is 5.32 Å². The highest BCUT2D eigenvalue weighted by Gasteiger charge is 2.42. The predicted octanol–water partition coefficient (Wildman–Crippen LogP) is 5.56. The number of hydrogen-bond donors (Lipinski definition) is 1. The fourth-order valence-electron chi connectivity index (χ4n) is 4.40. The lowest BCUT2D eigenvalue weighted by Crippen LogP contribution is -2.36. The molecule has 0 amide bonds. The summed E-state index contributed by atoms with van der Waals surface area (Å²) in [6.45, 7) is 3.64. The fraction of sp³-hybridized carbons (Fsp3) is 0.333. The standard InChI is InChI=1S/C24H24BrN3O2S/c1-15-7-8-17(18(25)13-15)20-9-10-21(30-20)23-22(19-6-2-3-11-26-19)27-24(31)28(23)14-16-5-4-12-29-16/h2-3,6-11,13,16,22-23H,4-5,12,14H2,1H3,(H,27,31)/t16-,22-,23-/m1/s1. The Balaban J connectivity index is 1.51. The summed E-state index contributed by atoms with van der Waals surface area (Å²) >= 11 is 9.42. The SMILES string of the molecule is Cc1ccc(-c2ccc([C@@H]3[C@@H](c4ccccn4)NC(=S)N3C[C@H]3CCCO3)o2)c(Br)c1. The van der Waals surface area contributed by atoms with Gasteiger partial charge >= 0.3 is 0 Å². The van der Waals surface area contributed by atoms with Crippen LogP contribution in [-0.4, -0.2) is 34.3 Å². The van der Waals surface area contributed by atoms with E-state index in [4.69, 9.17) is 21.4 Å². The van der Waals surface area contributed by atoms with Gasteiger partial charge in [-0.05, 0) is 73.9 Å². The molecule has 5 rings (SSSR count). The Morgan fingerprint density at radius 2 is 2.13 bits per heavy atom. The van der Waals surface area contributed by atoms with Crippen LogP contribution in [0.15, 0.2) is 63.6 Å². The second-order valence-corrected chi connectivity index (χ2v) is 9.34. The number of nitrogens with zero attached hydrogens (tertiary/aromatic N) is 2. The van der Waals surface area contributed by atoms with Gasteiger partial charge in [-0.3, -0.25) is 4.98 Å². The molecule has 2 aliphatic heterocycles. The summed E-state index contributed by atoms with van der Waals surface area (Å²) in [5, 5.41) is 4.19. The zero-order valence-corrected chi connectivity index (χ0v) is 19.7. The molecule has 0 radical (unpaired) electrons. The van der Waals surface area contributed by atoms with E-state index in [-0.39, 0.29) is 18.2 Å². The van der Waals surface area contributed by atoms with Crippen molar-refractivity contribution >= 4 is 33.3 Å². The predicted molar refractivity (Wildman–Crippen MR) is 128 cm³/mol.